The van der Waals surface area contributed by atoms with E-state index in [1.54, 1.807) is 0 Å². The molecule has 1 unspecified atom stereocenters. The Morgan fingerprint density at radius 1 is 1.60 bits per heavy atom. The Morgan fingerprint density at radius 3 is 2.70 bits per heavy atom. The SMILES string of the molecule is CCCC(N=C=S)OCC. The van der Waals surface area contributed by atoms with Crippen LogP contribution in [0.4, 0.5) is 0 Å². The number of thiocarbonyl (C=S) groups is 1. The summed E-state index contributed by atoms with van der Waals surface area (Å²) in [7, 11) is 0. The molecule has 58 valence electrons. The standard InChI is InChI=1S/C7H13NOS/c1-3-5-7(8-6-10)9-4-2/h7H,3-5H2,1-2H3. The molecule has 0 aromatic rings. The van der Waals surface area contributed by atoms with E-state index < -0.39 is 0 Å². The van der Waals surface area contributed by atoms with Gasteiger partial charge in [-0.05, 0) is 25.6 Å². The Morgan fingerprint density at radius 2 is 2.30 bits per heavy atom. The van der Waals surface area contributed by atoms with Crippen molar-refractivity contribution < 1.29 is 4.74 Å². The molecule has 0 amide bonds. The fourth-order valence-electron chi connectivity index (χ4n) is 0.683. The van der Waals surface area contributed by atoms with Gasteiger partial charge in [-0.2, -0.15) is 0 Å². The summed E-state index contributed by atoms with van der Waals surface area (Å²) in [6, 6.07) is 0. The molecule has 0 saturated carbocycles. The highest BCUT2D eigenvalue weighted by Gasteiger charge is 2.01. The fourth-order valence-corrected chi connectivity index (χ4v) is 0.801. The van der Waals surface area contributed by atoms with E-state index in [9.17, 15) is 0 Å². The third-order valence-electron chi connectivity index (χ3n) is 1.09. The van der Waals surface area contributed by atoms with Gasteiger partial charge in [-0.3, -0.25) is 0 Å². The van der Waals surface area contributed by atoms with Crippen LogP contribution < -0.4 is 0 Å². The van der Waals surface area contributed by atoms with Crippen LogP contribution in [-0.2, 0) is 4.74 Å². The quantitative estimate of drug-likeness (QED) is 0.453. The number of nitrogens with zero attached hydrogens (tertiary/aromatic N) is 1. The first kappa shape index (κ1) is 9.76. The van der Waals surface area contributed by atoms with E-state index in [4.69, 9.17) is 4.74 Å². The topological polar surface area (TPSA) is 21.6 Å². The number of ether oxygens (including phenoxy) is 1. The van der Waals surface area contributed by atoms with Gasteiger partial charge in [0.15, 0.2) is 6.23 Å². The molecule has 0 aliphatic rings. The fraction of sp³-hybridized carbons (Fsp3) is 0.857. The van der Waals surface area contributed by atoms with Crippen molar-refractivity contribution in [2.45, 2.75) is 32.9 Å². The smallest absolute Gasteiger partial charge is 0.158 e. The van der Waals surface area contributed by atoms with Crippen LogP contribution in [-0.4, -0.2) is 18.0 Å². The third kappa shape index (κ3) is 4.62. The van der Waals surface area contributed by atoms with E-state index in [1.165, 1.54) is 0 Å². The molecule has 1 atom stereocenters. The summed E-state index contributed by atoms with van der Waals surface area (Å²) in [5.74, 6) is 0. The molecule has 0 aromatic carbocycles. The molecule has 0 rings (SSSR count). The van der Waals surface area contributed by atoms with Crippen LogP contribution in [0.3, 0.4) is 0 Å². The molecule has 0 aliphatic carbocycles. The second-order valence-corrected chi connectivity index (χ2v) is 2.10. The summed E-state index contributed by atoms with van der Waals surface area (Å²) < 4.78 is 5.23. The normalized spacial score (nSPS) is 12.2. The van der Waals surface area contributed by atoms with Gasteiger partial charge in [0, 0.05) is 6.61 Å². The zero-order valence-electron chi connectivity index (χ0n) is 6.46. The lowest BCUT2D eigenvalue weighted by atomic mass is 10.3. The molecule has 0 bridgehead atoms. The van der Waals surface area contributed by atoms with Gasteiger partial charge in [0.1, 0.15) is 0 Å². The monoisotopic (exact) mass is 159 g/mol. The minimum Gasteiger partial charge on any atom is -0.356 e. The molecule has 2 nitrogen and oxygen atoms in total. The van der Waals surface area contributed by atoms with Gasteiger partial charge < -0.3 is 4.74 Å². The molecule has 0 N–H and O–H groups in total. The molecule has 0 fully saturated rings. The Labute approximate surface area is 67.3 Å². The number of aliphatic imine (C=N–C) groups is 1. The maximum absolute atomic E-state index is 5.23. The first-order valence-corrected chi connectivity index (χ1v) is 3.94. The van der Waals surface area contributed by atoms with Crippen LogP contribution in [0, 0.1) is 0 Å². The average Bonchev–Trinajstić information content (AvgIpc) is 1.90. The lowest BCUT2D eigenvalue weighted by molar-refractivity contribution is 0.0636. The van der Waals surface area contributed by atoms with Gasteiger partial charge in [-0.1, -0.05) is 13.3 Å². The second-order valence-electron chi connectivity index (χ2n) is 1.92. The number of hydrogen-bond donors (Lipinski definition) is 0. The first-order valence-electron chi connectivity index (χ1n) is 3.53. The lowest BCUT2D eigenvalue weighted by Crippen LogP contribution is -2.08. The molecule has 3 heteroatoms. The summed E-state index contributed by atoms with van der Waals surface area (Å²) >= 11 is 4.46. The minimum absolute atomic E-state index is 0.0625. The van der Waals surface area contributed by atoms with Crippen LogP contribution >= 0.6 is 12.2 Å². The van der Waals surface area contributed by atoms with Gasteiger partial charge in [0.25, 0.3) is 0 Å². The molecule has 0 radical (unpaired) electrons. The molecular formula is C7H13NOS. The maximum Gasteiger partial charge on any atom is 0.158 e. The van der Waals surface area contributed by atoms with Crippen molar-refractivity contribution in [3.8, 4) is 0 Å². The zero-order chi connectivity index (χ0) is 7.82. The van der Waals surface area contributed by atoms with Crippen LogP contribution in [0.1, 0.15) is 26.7 Å². The average molecular weight is 159 g/mol. The molecule has 0 heterocycles. The van der Waals surface area contributed by atoms with E-state index in [0.717, 1.165) is 12.8 Å². The number of rotatable bonds is 5. The van der Waals surface area contributed by atoms with Crippen LogP contribution in [0.2, 0.25) is 0 Å². The third-order valence-corrected chi connectivity index (χ3v) is 1.20. The van der Waals surface area contributed by atoms with Crippen molar-refractivity contribution in [1.29, 1.82) is 0 Å². The summed E-state index contributed by atoms with van der Waals surface area (Å²) in [6.07, 6.45) is 1.93. The highest BCUT2D eigenvalue weighted by molar-refractivity contribution is 7.78. The second kappa shape index (κ2) is 6.87. The highest BCUT2D eigenvalue weighted by atomic mass is 32.1. The van der Waals surface area contributed by atoms with Crippen molar-refractivity contribution in [2.24, 2.45) is 4.99 Å². The largest absolute Gasteiger partial charge is 0.356 e. The summed E-state index contributed by atoms with van der Waals surface area (Å²) in [6.45, 7) is 4.72. The molecule has 10 heavy (non-hydrogen) atoms. The van der Waals surface area contributed by atoms with Crippen LogP contribution in [0.5, 0.6) is 0 Å². The summed E-state index contributed by atoms with van der Waals surface area (Å²) in [5.41, 5.74) is 0. The van der Waals surface area contributed by atoms with Crippen LogP contribution in [0.15, 0.2) is 4.99 Å². The van der Waals surface area contributed by atoms with E-state index in [2.05, 4.69) is 29.3 Å². The lowest BCUT2D eigenvalue weighted by Gasteiger charge is -2.07. The predicted molar refractivity (Wildman–Crippen MR) is 45.3 cm³/mol. The molecule has 0 spiro atoms. The van der Waals surface area contributed by atoms with E-state index in [1.807, 2.05) is 6.92 Å². The summed E-state index contributed by atoms with van der Waals surface area (Å²) in [4.78, 5) is 3.85. The molecule has 0 saturated heterocycles. The Hall–Kier alpha value is -0.240. The minimum atomic E-state index is -0.0625. The maximum atomic E-state index is 5.23. The van der Waals surface area contributed by atoms with Gasteiger partial charge in [0.2, 0.25) is 0 Å². The Balaban J connectivity index is 3.60. The Kier molecular flexibility index (Phi) is 6.71. The number of hydrogen-bond acceptors (Lipinski definition) is 3. The van der Waals surface area contributed by atoms with Gasteiger partial charge in [-0.15, -0.1) is 0 Å². The van der Waals surface area contributed by atoms with Crippen molar-refractivity contribution in [3.05, 3.63) is 0 Å². The van der Waals surface area contributed by atoms with Gasteiger partial charge in [-0.25, -0.2) is 4.99 Å². The first-order chi connectivity index (χ1) is 4.85. The van der Waals surface area contributed by atoms with Crippen LogP contribution in [0.25, 0.3) is 0 Å². The van der Waals surface area contributed by atoms with Gasteiger partial charge >= 0.3 is 0 Å². The zero-order valence-corrected chi connectivity index (χ0v) is 7.28. The van der Waals surface area contributed by atoms with Crippen molar-refractivity contribution in [1.82, 2.24) is 0 Å². The predicted octanol–water partition coefficient (Wildman–Crippen LogP) is 2.25. The van der Waals surface area contributed by atoms with E-state index >= 15 is 0 Å². The number of isothiocyanates is 1. The van der Waals surface area contributed by atoms with E-state index in [0.29, 0.717) is 6.61 Å². The Bertz CT molecular complexity index is 115. The van der Waals surface area contributed by atoms with E-state index in [-0.39, 0.29) is 6.23 Å². The van der Waals surface area contributed by atoms with Gasteiger partial charge in [0.05, 0.1) is 5.16 Å². The van der Waals surface area contributed by atoms with Crippen molar-refractivity contribution in [3.63, 3.8) is 0 Å². The molecule has 0 aromatic heterocycles. The molecular weight excluding hydrogens is 146 g/mol. The summed E-state index contributed by atoms with van der Waals surface area (Å²) in [5, 5.41) is 2.32. The van der Waals surface area contributed by atoms with Crippen molar-refractivity contribution in [2.75, 3.05) is 6.61 Å². The highest BCUT2D eigenvalue weighted by Crippen LogP contribution is 2.01. The molecule has 0 aliphatic heterocycles. The van der Waals surface area contributed by atoms with Crippen molar-refractivity contribution >= 4 is 17.4 Å².